The van der Waals surface area contributed by atoms with Gasteiger partial charge in [0.25, 0.3) is 0 Å². The van der Waals surface area contributed by atoms with Gasteiger partial charge in [-0.1, -0.05) is 11.3 Å². The van der Waals surface area contributed by atoms with E-state index in [4.69, 9.17) is 5.73 Å². The van der Waals surface area contributed by atoms with Gasteiger partial charge in [-0.2, -0.15) is 0 Å². The number of nitrogens with zero attached hydrogens (tertiary/aromatic N) is 2. The van der Waals surface area contributed by atoms with Crippen LogP contribution in [0.3, 0.4) is 0 Å². The number of anilines is 1. The van der Waals surface area contributed by atoms with Crippen LogP contribution in [0.1, 0.15) is 10.6 Å². The molecule has 5 nitrogen and oxygen atoms in total. The zero-order valence-electron chi connectivity index (χ0n) is 9.64. The Kier molecular flexibility index (Phi) is 2.81. The van der Waals surface area contributed by atoms with Crippen molar-refractivity contribution in [2.45, 2.75) is 12.8 Å². The van der Waals surface area contributed by atoms with Crippen LogP contribution in [0.25, 0.3) is 10.6 Å². The van der Waals surface area contributed by atoms with Crippen LogP contribution in [0.5, 0.6) is 0 Å². The molecule has 0 radical (unpaired) electrons. The Morgan fingerprint density at radius 3 is 3.11 bits per heavy atom. The second kappa shape index (κ2) is 4.47. The van der Waals surface area contributed by atoms with Crippen LogP contribution in [0, 0.1) is 0 Å². The summed E-state index contributed by atoms with van der Waals surface area (Å²) in [6, 6.07) is 5.87. The molecule has 92 valence electrons. The molecule has 18 heavy (non-hydrogen) atoms. The summed E-state index contributed by atoms with van der Waals surface area (Å²) in [5, 5.41) is 12.9. The Balaban J connectivity index is 1.92. The van der Waals surface area contributed by atoms with Gasteiger partial charge in [-0.15, -0.1) is 10.2 Å². The lowest BCUT2D eigenvalue weighted by molar-refractivity contribution is -0.115. The summed E-state index contributed by atoms with van der Waals surface area (Å²) in [6.45, 7) is 0.581. The maximum Gasteiger partial charge on any atom is 0.228 e. The smallest absolute Gasteiger partial charge is 0.228 e. The molecule has 0 bridgehead atoms. The van der Waals surface area contributed by atoms with Crippen molar-refractivity contribution in [2.24, 2.45) is 5.73 Å². The summed E-state index contributed by atoms with van der Waals surface area (Å²) in [6.07, 6.45) is 1.19. The van der Waals surface area contributed by atoms with Crippen molar-refractivity contribution in [3.63, 3.8) is 0 Å². The van der Waals surface area contributed by atoms with Gasteiger partial charge in [0, 0.05) is 17.7 Å². The highest BCUT2D eigenvalue weighted by molar-refractivity contribution is 7.14. The Morgan fingerprint density at radius 1 is 1.39 bits per heavy atom. The highest BCUT2D eigenvalue weighted by Crippen LogP contribution is 2.30. The number of aromatic nitrogens is 2. The molecule has 0 saturated carbocycles. The predicted molar refractivity (Wildman–Crippen MR) is 70.4 cm³/mol. The summed E-state index contributed by atoms with van der Waals surface area (Å²) in [5.41, 5.74) is 8.42. The maximum atomic E-state index is 11.3. The van der Waals surface area contributed by atoms with Crippen molar-refractivity contribution in [1.82, 2.24) is 10.2 Å². The number of hydrogen-bond acceptors (Lipinski definition) is 5. The number of hydrogen-bond donors (Lipinski definition) is 2. The lowest BCUT2D eigenvalue weighted by Gasteiger charge is -2.00. The minimum absolute atomic E-state index is 0.0447. The zero-order chi connectivity index (χ0) is 12.5. The molecule has 1 aromatic carbocycles. The summed E-state index contributed by atoms with van der Waals surface area (Å²) < 4.78 is 0. The SMILES string of the molecule is NCCc1nnc(-c2ccc3c(c2)CC(=O)N3)s1. The Morgan fingerprint density at radius 2 is 2.28 bits per heavy atom. The normalized spacial score (nSPS) is 13.5. The fraction of sp³-hybridized carbons (Fsp3) is 0.250. The third kappa shape index (κ3) is 2.00. The van der Waals surface area contributed by atoms with E-state index in [2.05, 4.69) is 15.5 Å². The Bertz CT molecular complexity index is 608. The van der Waals surface area contributed by atoms with Gasteiger partial charge >= 0.3 is 0 Å². The largest absolute Gasteiger partial charge is 0.330 e. The lowest BCUT2D eigenvalue weighted by Crippen LogP contribution is -2.03. The van der Waals surface area contributed by atoms with Crippen molar-refractivity contribution >= 4 is 22.9 Å². The van der Waals surface area contributed by atoms with E-state index in [0.29, 0.717) is 13.0 Å². The van der Waals surface area contributed by atoms with Gasteiger partial charge < -0.3 is 11.1 Å². The van der Waals surface area contributed by atoms with Crippen LogP contribution in [0.15, 0.2) is 18.2 Å². The summed E-state index contributed by atoms with van der Waals surface area (Å²) in [7, 11) is 0. The molecule has 3 N–H and O–H groups in total. The number of carbonyl (C=O) groups is 1. The van der Waals surface area contributed by atoms with Crippen LogP contribution in [-0.2, 0) is 17.6 Å². The highest BCUT2D eigenvalue weighted by atomic mass is 32.1. The number of amides is 1. The maximum absolute atomic E-state index is 11.3. The van der Waals surface area contributed by atoms with Crippen molar-refractivity contribution in [2.75, 3.05) is 11.9 Å². The molecule has 1 aromatic heterocycles. The van der Waals surface area contributed by atoms with Gasteiger partial charge in [-0.25, -0.2) is 0 Å². The summed E-state index contributed by atoms with van der Waals surface area (Å²) in [5.74, 6) is 0.0447. The van der Waals surface area contributed by atoms with Gasteiger partial charge in [0.15, 0.2) is 0 Å². The first-order valence-corrected chi connectivity index (χ1v) is 6.53. The molecule has 6 heteroatoms. The Labute approximate surface area is 108 Å². The fourth-order valence-electron chi connectivity index (χ4n) is 1.96. The second-order valence-corrected chi connectivity index (χ2v) is 5.20. The molecule has 0 fully saturated rings. The number of nitrogens with two attached hydrogens (primary N) is 1. The molecule has 1 amide bonds. The first kappa shape index (κ1) is 11.3. The summed E-state index contributed by atoms with van der Waals surface area (Å²) >= 11 is 1.55. The predicted octanol–water partition coefficient (Wildman–Crippen LogP) is 1.20. The van der Waals surface area contributed by atoms with E-state index in [1.165, 1.54) is 0 Å². The molecule has 0 atom stereocenters. The molecule has 2 heterocycles. The average molecular weight is 260 g/mol. The van der Waals surface area contributed by atoms with Gasteiger partial charge in [-0.05, 0) is 30.3 Å². The van der Waals surface area contributed by atoms with Crippen molar-refractivity contribution in [3.8, 4) is 10.6 Å². The van der Waals surface area contributed by atoms with Crippen LogP contribution in [0.4, 0.5) is 5.69 Å². The highest BCUT2D eigenvalue weighted by Gasteiger charge is 2.18. The minimum atomic E-state index is 0.0447. The quantitative estimate of drug-likeness (QED) is 0.869. The standard InChI is InChI=1S/C12H12N4OS/c13-4-3-11-15-16-12(18-11)7-1-2-9-8(5-7)6-10(17)14-9/h1-2,5H,3-4,6,13H2,(H,14,17). The van der Waals surface area contributed by atoms with Crippen molar-refractivity contribution in [3.05, 3.63) is 28.8 Å². The summed E-state index contributed by atoms with van der Waals surface area (Å²) in [4.78, 5) is 11.3. The van der Waals surface area contributed by atoms with E-state index in [1.54, 1.807) is 11.3 Å². The third-order valence-corrected chi connectivity index (χ3v) is 3.83. The molecule has 0 aliphatic carbocycles. The number of rotatable bonds is 3. The molecular formula is C12H12N4OS. The molecule has 3 rings (SSSR count). The van der Waals surface area contributed by atoms with E-state index in [1.807, 2.05) is 18.2 Å². The Hall–Kier alpha value is -1.79. The van der Waals surface area contributed by atoms with E-state index in [0.717, 1.165) is 33.3 Å². The monoisotopic (exact) mass is 260 g/mol. The van der Waals surface area contributed by atoms with E-state index >= 15 is 0 Å². The van der Waals surface area contributed by atoms with Gasteiger partial charge in [0.2, 0.25) is 5.91 Å². The van der Waals surface area contributed by atoms with Crippen LogP contribution < -0.4 is 11.1 Å². The number of nitrogens with one attached hydrogen (secondary N) is 1. The van der Waals surface area contributed by atoms with Gasteiger partial charge in [0.1, 0.15) is 10.0 Å². The topological polar surface area (TPSA) is 80.9 Å². The first-order valence-electron chi connectivity index (χ1n) is 5.72. The fourth-order valence-corrected chi connectivity index (χ4v) is 2.81. The molecule has 0 spiro atoms. The molecular weight excluding hydrogens is 248 g/mol. The number of fused-ring (bicyclic) bond motifs is 1. The van der Waals surface area contributed by atoms with E-state index < -0.39 is 0 Å². The molecule has 2 aromatic rings. The van der Waals surface area contributed by atoms with E-state index in [9.17, 15) is 4.79 Å². The van der Waals surface area contributed by atoms with Gasteiger partial charge in [0.05, 0.1) is 6.42 Å². The van der Waals surface area contributed by atoms with Crippen molar-refractivity contribution in [1.29, 1.82) is 0 Å². The molecule has 1 aliphatic rings. The first-order chi connectivity index (χ1) is 8.76. The van der Waals surface area contributed by atoms with Crippen LogP contribution in [-0.4, -0.2) is 22.6 Å². The van der Waals surface area contributed by atoms with Gasteiger partial charge in [-0.3, -0.25) is 4.79 Å². The average Bonchev–Trinajstić information content (AvgIpc) is 2.93. The molecule has 0 unspecified atom stereocenters. The minimum Gasteiger partial charge on any atom is -0.330 e. The van der Waals surface area contributed by atoms with Crippen molar-refractivity contribution < 1.29 is 4.79 Å². The number of benzene rings is 1. The lowest BCUT2D eigenvalue weighted by atomic mass is 10.1. The second-order valence-electron chi connectivity index (χ2n) is 4.14. The zero-order valence-corrected chi connectivity index (χ0v) is 10.5. The van der Waals surface area contributed by atoms with Crippen LogP contribution >= 0.6 is 11.3 Å². The molecule has 0 saturated heterocycles. The third-order valence-electron chi connectivity index (χ3n) is 2.80. The van der Waals surface area contributed by atoms with Crippen LogP contribution in [0.2, 0.25) is 0 Å². The number of carbonyl (C=O) groups excluding carboxylic acids is 1. The van der Waals surface area contributed by atoms with E-state index in [-0.39, 0.29) is 5.91 Å². The molecule has 1 aliphatic heterocycles.